The van der Waals surface area contributed by atoms with Crippen LogP contribution in [-0.2, 0) is 16.1 Å². The smallest absolute Gasteiger partial charge is 0.254 e. The van der Waals surface area contributed by atoms with Crippen LogP contribution in [0.2, 0.25) is 0 Å². The molecule has 1 aliphatic heterocycles. The molecule has 2 aromatic carbocycles. The molecule has 0 aromatic heterocycles. The van der Waals surface area contributed by atoms with Crippen molar-refractivity contribution in [2.75, 3.05) is 6.54 Å². The second-order valence-corrected chi connectivity index (χ2v) is 9.45. The van der Waals surface area contributed by atoms with Crippen LogP contribution in [-0.4, -0.2) is 51.7 Å². The van der Waals surface area contributed by atoms with E-state index in [0.29, 0.717) is 34.7 Å². The summed E-state index contributed by atoms with van der Waals surface area (Å²) in [4.78, 5) is 26.7. The van der Waals surface area contributed by atoms with Gasteiger partial charge < -0.3 is 20.4 Å². The molecule has 2 unspecified atom stereocenters. The third-order valence-corrected chi connectivity index (χ3v) is 6.31. The Morgan fingerprint density at radius 3 is 2.65 bits per heavy atom. The van der Waals surface area contributed by atoms with E-state index in [1.165, 1.54) is 23.1 Å². The molecule has 2 aromatic rings. The summed E-state index contributed by atoms with van der Waals surface area (Å²) in [5.41, 5.74) is 2.19. The highest BCUT2D eigenvalue weighted by Crippen LogP contribution is 2.25. The highest BCUT2D eigenvalue weighted by molar-refractivity contribution is 6.29. The molecule has 0 radical (unpaired) electrons. The molecule has 9 heteroatoms. The van der Waals surface area contributed by atoms with Gasteiger partial charge in [-0.2, -0.15) is 5.26 Å². The van der Waals surface area contributed by atoms with Crippen molar-refractivity contribution >= 4 is 23.4 Å². The van der Waals surface area contributed by atoms with Crippen molar-refractivity contribution in [1.29, 1.82) is 5.26 Å². The van der Waals surface area contributed by atoms with Gasteiger partial charge in [-0.3, -0.25) is 9.59 Å². The van der Waals surface area contributed by atoms with Crippen molar-refractivity contribution in [3.63, 3.8) is 0 Å². The van der Waals surface area contributed by atoms with Crippen molar-refractivity contribution < 1.29 is 24.2 Å². The highest BCUT2D eigenvalue weighted by atomic mass is 35.5. The van der Waals surface area contributed by atoms with Crippen molar-refractivity contribution in [1.82, 2.24) is 10.2 Å². The Bertz CT molecular complexity index is 1220. The number of nitriles is 1. The summed E-state index contributed by atoms with van der Waals surface area (Å²) in [5, 5.41) is 33.1. The van der Waals surface area contributed by atoms with Crippen LogP contribution in [0.3, 0.4) is 0 Å². The van der Waals surface area contributed by atoms with Gasteiger partial charge in [0.05, 0.1) is 11.6 Å². The number of allylic oxidation sites excluding steroid dienone is 3. The van der Waals surface area contributed by atoms with E-state index in [0.717, 1.165) is 12.8 Å². The van der Waals surface area contributed by atoms with Gasteiger partial charge in [0.2, 0.25) is 0 Å². The molecule has 194 valence electrons. The predicted octanol–water partition coefficient (Wildman–Crippen LogP) is 3.78. The largest absolute Gasteiger partial charge is 0.380 e. The normalized spacial score (nSPS) is 17.5. The SMILES string of the molecule is C/C(Cl)=C\C=C/C[C@H]1CCCN1C(=O)C(O)C(O)C(=O)NCc1ccc(-c2ccc(F)cc2C#N)cc1. The maximum Gasteiger partial charge on any atom is 0.254 e. The topological polar surface area (TPSA) is 114 Å². The number of hydrogen-bond acceptors (Lipinski definition) is 5. The van der Waals surface area contributed by atoms with Crippen LogP contribution in [0.4, 0.5) is 4.39 Å². The van der Waals surface area contributed by atoms with Crippen molar-refractivity contribution in [2.24, 2.45) is 0 Å². The first kappa shape index (κ1) is 28.1. The monoisotopic (exact) mass is 525 g/mol. The first-order valence-electron chi connectivity index (χ1n) is 11.9. The Balaban J connectivity index is 1.55. The molecule has 3 atom stereocenters. The van der Waals surface area contributed by atoms with Gasteiger partial charge in [0.1, 0.15) is 5.82 Å². The van der Waals surface area contributed by atoms with Gasteiger partial charge in [-0.05, 0) is 61.1 Å². The lowest BCUT2D eigenvalue weighted by Crippen LogP contribution is -2.51. The minimum atomic E-state index is -1.91. The van der Waals surface area contributed by atoms with Gasteiger partial charge in [-0.15, -0.1) is 0 Å². The summed E-state index contributed by atoms with van der Waals surface area (Å²) in [7, 11) is 0. The Hall–Kier alpha value is -3.51. The number of rotatable bonds is 9. The van der Waals surface area contributed by atoms with Crippen molar-refractivity contribution in [2.45, 2.75) is 51.0 Å². The van der Waals surface area contributed by atoms with Crippen LogP contribution in [0.15, 0.2) is 65.7 Å². The molecule has 2 amide bonds. The molecule has 0 spiro atoms. The fourth-order valence-electron chi connectivity index (χ4n) is 4.21. The number of nitrogens with one attached hydrogen (secondary N) is 1. The lowest BCUT2D eigenvalue weighted by Gasteiger charge is -2.27. The molecule has 37 heavy (non-hydrogen) atoms. The maximum atomic E-state index is 13.4. The molecule has 3 rings (SSSR count). The summed E-state index contributed by atoms with van der Waals surface area (Å²) >= 11 is 5.80. The lowest BCUT2D eigenvalue weighted by atomic mass is 9.99. The molecular formula is C28H29ClFN3O4. The van der Waals surface area contributed by atoms with Crippen LogP contribution in [0, 0.1) is 17.1 Å². The van der Waals surface area contributed by atoms with Crippen molar-refractivity contribution in [3.05, 3.63) is 82.7 Å². The average Bonchev–Trinajstić information content (AvgIpc) is 3.37. The summed E-state index contributed by atoms with van der Waals surface area (Å²) in [6.07, 6.45) is 3.75. The van der Waals surface area contributed by atoms with Crippen LogP contribution in [0.25, 0.3) is 11.1 Å². The van der Waals surface area contributed by atoms with Gasteiger partial charge in [-0.25, -0.2) is 4.39 Å². The standard InChI is InChI=1S/C28H29ClFN3O4/c1-18(29)5-2-3-6-23-7-4-14-33(23)28(37)26(35)25(34)27(36)32-17-19-8-10-20(11-9-19)24-13-12-22(30)15-21(24)16-31/h2-3,5,8-13,15,23,25-26,34-35H,4,6-7,14,17H2,1H3,(H,32,36)/b3-2-,18-5+/t23-,25?,26?/m0/s1. The second-order valence-electron chi connectivity index (χ2n) is 8.85. The zero-order chi connectivity index (χ0) is 26.9. The van der Waals surface area contributed by atoms with E-state index >= 15 is 0 Å². The van der Waals surface area contributed by atoms with E-state index < -0.39 is 29.8 Å². The molecule has 0 bridgehead atoms. The minimum absolute atomic E-state index is 0.0518. The van der Waals surface area contributed by atoms with Gasteiger partial charge in [0, 0.05) is 24.2 Å². The molecule has 1 aliphatic rings. The summed E-state index contributed by atoms with van der Waals surface area (Å²) in [6, 6.07) is 12.7. The number of aliphatic hydroxyl groups is 2. The number of amides is 2. The predicted molar refractivity (Wildman–Crippen MR) is 139 cm³/mol. The van der Waals surface area contributed by atoms with E-state index in [2.05, 4.69) is 5.32 Å². The lowest BCUT2D eigenvalue weighted by molar-refractivity contribution is -0.153. The van der Waals surface area contributed by atoms with Crippen LogP contribution in [0.5, 0.6) is 0 Å². The first-order valence-corrected chi connectivity index (χ1v) is 12.3. The van der Waals surface area contributed by atoms with Crippen LogP contribution < -0.4 is 5.32 Å². The Kier molecular flexibility index (Phi) is 9.98. The maximum absolute atomic E-state index is 13.4. The summed E-state index contributed by atoms with van der Waals surface area (Å²) in [6.45, 7) is 2.26. The van der Waals surface area contributed by atoms with E-state index in [1.807, 2.05) is 12.1 Å². The number of carbonyl (C=O) groups excluding carboxylic acids is 2. The van der Waals surface area contributed by atoms with Gasteiger partial charge >= 0.3 is 0 Å². The first-order chi connectivity index (χ1) is 17.7. The number of likely N-dealkylation sites (tertiary alicyclic amines) is 1. The van der Waals surface area contributed by atoms with Crippen LogP contribution in [0.1, 0.15) is 37.3 Å². The fraction of sp³-hybridized carbons (Fsp3) is 0.321. The third-order valence-electron chi connectivity index (χ3n) is 6.18. The number of nitrogens with zero attached hydrogens (tertiary/aromatic N) is 2. The molecule has 7 nitrogen and oxygen atoms in total. The third kappa shape index (κ3) is 7.49. The van der Waals surface area contributed by atoms with Crippen LogP contribution >= 0.6 is 11.6 Å². The number of aliphatic hydroxyl groups excluding tert-OH is 2. The zero-order valence-electron chi connectivity index (χ0n) is 20.4. The fourth-order valence-corrected chi connectivity index (χ4v) is 4.28. The number of benzene rings is 2. The quantitative estimate of drug-likeness (QED) is 0.431. The Morgan fingerprint density at radius 1 is 1.24 bits per heavy atom. The van der Waals surface area contributed by atoms with Crippen molar-refractivity contribution in [3.8, 4) is 17.2 Å². The van der Waals surface area contributed by atoms with Gasteiger partial charge in [0.25, 0.3) is 11.8 Å². The van der Waals surface area contributed by atoms with E-state index in [9.17, 15) is 29.5 Å². The number of halogens is 2. The molecule has 1 heterocycles. The molecule has 3 N–H and O–H groups in total. The average molecular weight is 526 g/mol. The molecule has 0 saturated carbocycles. The molecular weight excluding hydrogens is 497 g/mol. The molecule has 0 aliphatic carbocycles. The van der Waals surface area contributed by atoms with E-state index in [-0.39, 0.29) is 18.2 Å². The van der Waals surface area contributed by atoms with E-state index in [1.54, 1.807) is 43.3 Å². The van der Waals surface area contributed by atoms with Gasteiger partial charge in [0.15, 0.2) is 12.2 Å². The zero-order valence-corrected chi connectivity index (χ0v) is 21.2. The Morgan fingerprint density at radius 2 is 1.97 bits per heavy atom. The summed E-state index contributed by atoms with van der Waals surface area (Å²) in [5.74, 6) is -2.04. The Labute approximate surface area is 220 Å². The number of hydrogen-bond donors (Lipinski definition) is 3. The van der Waals surface area contributed by atoms with E-state index in [4.69, 9.17) is 11.6 Å². The number of carbonyl (C=O) groups is 2. The highest BCUT2D eigenvalue weighted by Gasteiger charge is 2.37. The molecule has 1 saturated heterocycles. The second kappa shape index (κ2) is 13.2. The minimum Gasteiger partial charge on any atom is -0.380 e. The molecule has 1 fully saturated rings. The van der Waals surface area contributed by atoms with Gasteiger partial charge in [-0.1, -0.05) is 54.1 Å². The summed E-state index contributed by atoms with van der Waals surface area (Å²) < 4.78 is 13.4.